The number of nitrogens with one attached hydrogen (secondary N) is 2. The van der Waals surface area contributed by atoms with Crippen molar-refractivity contribution in [1.29, 1.82) is 0 Å². The number of nitrogens with zero attached hydrogens (tertiary/aromatic N) is 3. The molecule has 7 nitrogen and oxygen atoms in total. The first-order chi connectivity index (χ1) is 17.0. The van der Waals surface area contributed by atoms with Gasteiger partial charge in [0.15, 0.2) is 5.82 Å². The molecule has 1 unspecified atom stereocenters. The Kier molecular flexibility index (Phi) is 6.01. The van der Waals surface area contributed by atoms with Gasteiger partial charge in [0.1, 0.15) is 17.6 Å². The molecular formula is C27H24FN5O2. The van der Waals surface area contributed by atoms with Crippen molar-refractivity contribution in [3.63, 3.8) is 0 Å². The summed E-state index contributed by atoms with van der Waals surface area (Å²) in [5.41, 5.74) is 3.31. The molecule has 4 aromatic rings. The molecule has 8 heteroatoms. The minimum atomic E-state index is -0.598. The van der Waals surface area contributed by atoms with Crippen LogP contribution in [0, 0.1) is 5.82 Å². The number of benzene rings is 3. The first-order valence-electron chi connectivity index (χ1n) is 11.3. The van der Waals surface area contributed by atoms with Crippen LogP contribution >= 0.6 is 0 Å². The second-order valence-corrected chi connectivity index (χ2v) is 8.10. The Balaban J connectivity index is 1.56. The fourth-order valence-electron chi connectivity index (χ4n) is 4.11. The SMILES string of the molecule is CCOc1ccc(-c2nc3n(n2)C(c2ccc(F)cc2)C(C(=O)Nc2ccccc2)=C(C)N3)cc1. The van der Waals surface area contributed by atoms with E-state index in [1.807, 2.05) is 68.4 Å². The number of aromatic nitrogens is 3. The number of hydrogen-bond acceptors (Lipinski definition) is 5. The van der Waals surface area contributed by atoms with Crippen molar-refractivity contribution in [2.75, 3.05) is 17.2 Å². The lowest BCUT2D eigenvalue weighted by atomic mass is 9.95. The third-order valence-corrected chi connectivity index (χ3v) is 5.74. The molecule has 176 valence electrons. The Labute approximate surface area is 202 Å². The van der Waals surface area contributed by atoms with Crippen molar-refractivity contribution in [2.24, 2.45) is 0 Å². The minimum Gasteiger partial charge on any atom is -0.494 e. The summed E-state index contributed by atoms with van der Waals surface area (Å²) in [6.45, 7) is 4.34. The summed E-state index contributed by atoms with van der Waals surface area (Å²) in [5.74, 6) is 1.13. The van der Waals surface area contributed by atoms with Gasteiger partial charge in [0.05, 0.1) is 12.2 Å². The van der Waals surface area contributed by atoms with Gasteiger partial charge in [-0.15, -0.1) is 5.10 Å². The molecule has 0 bridgehead atoms. The van der Waals surface area contributed by atoms with Crippen molar-refractivity contribution in [1.82, 2.24) is 14.8 Å². The van der Waals surface area contributed by atoms with Crippen molar-refractivity contribution in [3.8, 4) is 17.1 Å². The maximum Gasteiger partial charge on any atom is 0.255 e. The first kappa shape index (κ1) is 22.3. The van der Waals surface area contributed by atoms with Crippen LogP contribution in [0.1, 0.15) is 25.5 Å². The third kappa shape index (κ3) is 4.50. The zero-order valence-electron chi connectivity index (χ0n) is 19.3. The number of fused-ring (bicyclic) bond motifs is 1. The van der Waals surface area contributed by atoms with E-state index >= 15 is 0 Å². The predicted molar refractivity (Wildman–Crippen MR) is 133 cm³/mol. The van der Waals surface area contributed by atoms with Crippen molar-refractivity contribution in [2.45, 2.75) is 19.9 Å². The molecule has 1 atom stereocenters. The second-order valence-electron chi connectivity index (χ2n) is 8.10. The van der Waals surface area contributed by atoms with Gasteiger partial charge in [0.25, 0.3) is 5.91 Å². The maximum absolute atomic E-state index is 13.7. The minimum absolute atomic E-state index is 0.278. The van der Waals surface area contributed by atoms with Crippen LogP contribution in [0.2, 0.25) is 0 Å². The highest BCUT2D eigenvalue weighted by Gasteiger charge is 2.34. The number of para-hydroxylation sites is 1. The quantitative estimate of drug-likeness (QED) is 0.395. The van der Waals surface area contributed by atoms with E-state index in [-0.39, 0.29) is 11.7 Å². The van der Waals surface area contributed by atoms with Gasteiger partial charge >= 0.3 is 0 Å². The van der Waals surface area contributed by atoms with Crippen LogP contribution in [0.3, 0.4) is 0 Å². The Morgan fingerprint density at radius 1 is 1.06 bits per heavy atom. The number of carbonyl (C=O) groups is 1. The van der Waals surface area contributed by atoms with Gasteiger partial charge in [-0.3, -0.25) is 4.79 Å². The van der Waals surface area contributed by atoms with Gasteiger partial charge in [0.2, 0.25) is 5.95 Å². The van der Waals surface area contributed by atoms with E-state index < -0.39 is 6.04 Å². The Hall–Kier alpha value is -4.46. The van der Waals surface area contributed by atoms with Gasteiger partial charge < -0.3 is 15.4 Å². The predicted octanol–water partition coefficient (Wildman–Crippen LogP) is 5.41. The zero-order chi connectivity index (χ0) is 24.4. The van der Waals surface area contributed by atoms with Gasteiger partial charge in [-0.1, -0.05) is 30.3 Å². The molecule has 1 aliphatic rings. The zero-order valence-corrected chi connectivity index (χ0v) is 19.3. The molecular weight excluding hydrogens is 445 g/mol. The number of halogens is 1. The van der Waals surface area contributed by atoms with E-state index in [1.54, 1.807) is 16.8 Å². The molecule has 3 aromatic carbocycles. The molecule has 35 heavy (non-hydrogen) atoms. The highest BCUT2D eigenvalue weighted by molar-refractivity contribution is 6.06. The number of rotatable bonds is 6. The van der Waals surface area contributed by atoms with E-state index in [0.717, 1.165) is 16.9 Å². The standard InChI is InChI=1S/C27H24FN5O2/c1-3-35-22-15-11-19(12-16-22)25-31-27-29-17(2)23(26(34)30-21-7-5-4-6-8-21)24(33(27)32-25)18-9-13-20(28)14-10-18/h4-16,24H,3H2,1-2H3,(H,30,34)(H,29,31,32). The average molecular weight is 470 g/mol. The highest BCUT2D eigenvalue weighted by atomic mass is 19.1. The fourth-order valence-corrected chi connectivity index (χ4v) is 4.11. The highest BCUT2D eigenvalue weighted by Crippen LogP contribution is 2.37. The van der Waals surface area contributed by atoms with E-state index in [2.05, 4.69) is 15.6 Å². The summed E-state index contributed by atoms with van der Waals surface area (Å²) in [4.78, 5) is 18.1. The Bertz CT molecular complexity index is 1380. The smallest absolute Gasteiger partial charge is 0.255 e. The summed E-state index contributed by atoms with van der Waals surface area (Å²) in [5, 5.41) is 10.9. The lowest BCUT2D eigenvalue weighted by Gasteiger charge is -2.28. The average Bonchev–Trinajstić information content (AvgIpc) is 3.28. The maximum atomic E-state index is 13.7. The van der Waals surface area contributed by atoms with Crippen LogP contribution in [0.15, 0.2) is 90.1 Å². The van der Waals surface area contributed by atoms with Gasteiger partial charge in [-0.05, 0) is 67.9 Å². The Morgan fingerprint density at radius 3 is 2.46 bits per heavy atom. The van der Waals surface area contributed by atoms with E-state index in [0.29, 0.717) is 35.3 Å². The summed E-state index contributed by atoms with van der Waals surface area (Å²) >= 11 is 0. The van der Waals surface area contributed by atoms with Gasteiger partial charge in [0, 0.05) is 16.9 Å². The molecule has 0 radical (unpaired) electrons. The van der Waals surface area contributed by atoms with E-state index in [4.69, 9.17) is 9.84 Å². The van der Waals surface area contributed by atoms with Crippen LogP contribution in [-0.2, 0) is 4.79 Å². The summed E-state index contributed by atoms with van der Waals surface area (Å²) < 4.78 is 20.9. The number of ether oxygens (including phenoxy) is 1. The summed E-state index contributed by atoms with van der Waals surface area (Å²) in [6.07, 6.45) is 0. The Morgan fingerprint density at radius 2 is 1.77 bits per heavy atom. The molecule has 0 aliphatic carbocycles. The number of allylic oxidation sites excluding steroid dienone is 1. The molecule has 2 N–H and O–H groups in total. The van der Waals surface area contributed by atoms with Crippen molar-refractivity contribution >= 4 is 17.5 Å². The van der Waals surface area contributed by atoms with Crippen LogP contribution in [0.4, 0.5) is 16.0 Å². The molecule has 0 fully saturated rings. The number of anilines is 2. The number of carbonyl (C=O) groups excluding carboxylic acids is 1. The topological polar surface area (TPSA) is 81.1 Å². The largest absolute Gasteiger partial charge is 0.494 e. The third-order valence-electron chi connectivity index (χ3n) is 5.74. The molecule has 5 rings (SSSR count). The molecule has 0 saturated heterocycles. The molecule has 2 heterocycles. The summed E-state index contributed by atoms with van der Waals surface area (Å²) in [6, 6.07) is 22.2. The number of amides is 1. The normalized spacial score (nSPS) is 14.8. The van der Waals surface area contributed by atoms with Crippen LogP contribution in [0.5, 0.6) is 5.75 Å². The van der Waals surface area contributed by atoms with E-state index in [9.17, 15) is 9.18 Å². The monoisotopic (exact) mass is 469 g/mol. The molecule has 1 aliphatic heterocycles. The summed E-state index contributed by atoms with van der Waals surface area (Å²) in [7, 11) is 0. The lowest BCUT2D eigenvalue weighted by molar-refractivity contribution is -0.113. The van der Waals surface area contributed by atoms with Crippen molar-refractivity contribution < 1.29 is 13.9 Å². The van der Waals surface area contributed by atoms with Gasteiger partial charge in [-0.25, -0.2) is 9.07 Å². The molecule has 0 spiro atoms. The second kappa shape index (κ2) is 9.42. The van der Waals surface area contributed by atoms with E-state index in [1.165, 1.54) is 12.1 Å². The first-order valence-corrected chi connectivity index (χ1v) is 11.3. The van der Waals surface area contributed by atoms with Crippen LogP contribution < -0.4 is 15.4 Å². The molecule has 1 aromatic heterocycles. The van der Waals surface area contributed by atoms with Crippen LogP contribution in [0.25, 0.3) is 11.4 Å². The van der Waals surface area contributed by atoms with Crippen molar-refractivity contribution in [3.05, 3.63) is 102 Å². The number of hydrogen-bond donors (Lipinski definition) is 2. The molecule has 0 saturated carbocycles. The fraction of sp³-hybridized carbons (Fsp3) is 0.148. The van der Waals surface area contributed by atoms with Crippen LogP contribution in [-0.4, -0.2) is 27.3 Å². The molecule has 1 amide bonds. The lowest BCUT2D eigenvalue weighted by Crippen LogP contribution is -2.31. The van der Waals surface area contributed by atoms with Gasteiger partial charge in [-0.2, -0.15) is 4.98 Å².